The van der Waals surface area contributed by atoms with Crippen LogP contribution in [0.5, 0.6) is 0 Å². The molecule has 1 aliphatic rings. The zero-order valence-electron chi connectivity index (χ0n) is 14.3. The predicted octanol–water partition coefficient (Wildman–Crippen LogP) is 3.64. The monoisotopic (exact) mass is 422 g/mol. The molecule has 0 fully saturated rings. The van der Waals surface area contributed by atoms with E-state index in [1.807, 2.05) is 26.0 Å². The van der Waals surface area contributed by atoms with E-state index in [0.717, 1.165) is 26.9 Å². The number of carbonyl (C=O) groups excluding carboxylic acids is 1. The zero-order chi connectivity index (χ0) is 18.4. The topological polar surface area (TPSA) is 66.5 Å². The van der Waals surface area contributed by atoms with E-state index in [4.69, 9.17) is 0 Å². The van der Waals surface area contributed by atoms with Crippen molar-refractivity contribution >= 4 is 43.2 Å². The van der Waals surface area contributed by atoms with E-state index in [1.165, 1.54) is 10.6 Å². The van der Waals surface area contributed by atoms with Crippen LogP contribution in [0, 0.1) is 13.8 Å². The maximum atomic E-state index is 12.6. The van der Waals surface area contributed by atoms with Crippen molar-refractivity contribution in [1.82, 2.24) is 0 Å². The molecule has 132 valence electrons. The second-order valence-electron chi connectivity index (χ2n) is 6.30. The van der Waals surface area contributed by atoms with Crippen LogP contribution in [0.15, 0.2) is 34.8 Å². The van der Waals surface area contributed by atoms with Crippen molar-refractivity contribution < 1.29 is 13.2 Å². The van der Waals surface area contributed by atoms with Crippen molar-refractivity contribution in [2.75, 3.05) is 22.4 Å². The van der Waals surface area contributed by atoms with Crippen LogP contribution < -0.4 is 9.62 Å². The van der Waals surface area contributed by atoms with Gasteiger partial charge in [-0.15, -0.1) is 0 Å². The fraction of sp³-hybridized carbons (Fsp3) is 0.278. The van der Waals surface area contributed by atoms with Crippen LogP contribution in [0.4, 0.5) is 11.4 Å². The summed E-state index contributed by atoms with van der Waals surface area (Å²) in [5.41, 5.74) is 4.81. The highest BCUT2D eigenvalue weighted by molar-refractivity contribution is 9.10. The number of benzene rings is 2. The molecule has 1 heterocycles. The fourth-order valence-corrected chi connectivity index (χ4v) is 4.80. The van der Waals surface area contributed by atoms with E-state index in [2.05, 4.69) is 21.2 Å². The van der Waals surface area contributed by atoms with Crippen LogP contribution in [0.2, 0.25) is 0 Å². The van der Waals surface area contributed by atoms with E-state index in [0.29, 0.717) is 24.2 Å². The Morgan fingerprint density at radius 3 is 2.40 bits per heavy atom. The average molecular weight is 423 g/mol. The Kier molecular flexibility index (Phi) is 4.64. The summed E-state index contributed by atoms with van der Waals surface area (Å²) in [6, 6.07) is 9.06. The summed E-state index contributed by atoms with van der Waals surface area (Å²) < 4.78 is 26.0. The van der Waals surface area contributed by atoms with Gasteiger partial charge in [-0.25, -0.2) is 8.42 Å². The second-order valence-corrected chi connectivity index (χ2v) is 9.12. The molecular weight excluding hydrogens is 404 g/mol. The quantitative estimate of drug-likeness (QED) is 0.820. The second kappa shape index (κ2) is 6.46. The minimum atomic E-state index is -3.28. The summed E-state index contributed by atoms with van der Waals surface area (Å²) in [6.45, 7) is 4.31. The number of fused-ring (bicyclic) bond motifs is 1. The van der Waals surface area contributed by atoms with Crippen LogP contribution >= 0.6 is 15.9 Å². The number of sulfonamides is 1. The van der Waals surface area contributed by atoms with Gasteiger partial charge in [-0.3, -0.25) is 9.10 Å². The van der Waals surface area contributed by atoms with Crippen molar-refractivity contribution in [1.29, 1.82) is 0 Å². The minimum Gasteiger partial charge on any atom is -0.322 e. The van der Waals surface area contributed by atoms with Crippen LogP contribution in [-0.2, 0) is 16.4 Å². The number of nitrogens with one attached hydrogen (secondary N) is 1. The van der Waals surface area contributed by atoms with Gasteiger partial charge in [0.05, 0.1) is 11.9 Å². The Morgan fingerprint density at radius 2 is 1.80 bits per heavy atom. The van der Waals surface area contributed by atoms with Gasteiger partial charge in [0.1, 0.15) is 0 Å². The van der Waals surface area contributed by atoms with Crippen molar-refractivity contribution in [3.8, 4) is 0 Å². The molecule has 7 heteroatoms. The van der Waals surface area contributed by atoms with Crippen LogP contribution in [0.3, 0.4) is 0 Å². The zero-order valence-corrected chi connectivity index (χ0v) is 16.7. The van der Waals surface area contributed by atoms with Crippen LogP contribution in [0.1, 0.15) is 27.0 Å². The summed E-state index contributed by atoms with van der Waals surface area (Å²) in [6.07, 6.45) is 1.81. The normalized spacial score (nSPS) is 13.7. The number of halogens is 1. The van der Waals surface area contributed by atoms with E-state index in [1.54, 1.807) is 18.2 Å². The first-order chi connectivity index (χ1) is 11.7. The molecule has 0 unspecified atom stereocenters. The molecule has 25 heavy (non-hydrogen) atoms. The molecule has 0 atom stereocenters. The van der Waals surface area contributed by atoms with E-state index >= 15 is 0 Å². The molecule has 0 spiro atoms. The minimum absolute atomic E-state index is 0.200. The number of nitrogens with zero attached hydrogens (tertiary/aromatic N) is 1. The first-order valence-electron chi connectivity index (χ1n) is 7.85. The Balaban J connectivity index is 1.88. The fourth-order valence-electron chi connectivity index (χ4n) is 3.15. The lowest BCUT2D eigenvalue weighted by molar-refractivity contribution is 0.102. The summed E-state index contributed by atoms with van der Waals surface area (Å²) in [5, 5.41) is 2.96. The third kappa shape index (κ3) is 3.57. The molecule has 1 N–H and O–H groups in total. The molecule has 0 saturated carbocycles. The third-order valence-electron chi connectivity index (χ3n) is 4.33. The first kappa shape index (κ1) is 17.9. The highest BCUT2D eigenvalue weighted by atomic mass is 79.9. The molecule has 0 bridgehead atoms. The molecule has 0 saturated heterocycles. The number of anilines is 2. The van der Waals surface area contributed by atoms with Gasteiger partial charge in [-0.1, -0.05) is 15.9 Å². The van der Waals surface area contributed by atoms with Gasteiger partial charge in [0, 0.05) is 22.3 Å². The molecule has 2 aromatic rings. The molecule has 1 aliphatic heterocycles. The summed E-state index contributed by atoms with van der Waals surface area (Å²) in [4.78, 5) is 12.6. The lowest BCUT2D eigenvalue weighted by atomic mass is 10.1. The Labute approximate surface area is 156 Å². The van der Waals surface area contributed by atoms with Crippen LogP contribution in [-0.4, -0.2) is 27.1 Å². The predicted molar refractivity (Wildman–Crippen MR) is 104 cm³/mol. The molecule has 0 aromatic heterocycles. The summed E-state index contributed by atoms with van der Waals surface area (Å²) in [5.74, 6) is -0.200. The van der Waals surface area contributed by atoms with Crippen LogP contribution in [0.25, 0.3) is 0 Å². The van der Waals surface area contributed by atoms with Crippen molar-refractivity contribution in [3.05, 3.63) is 57.1 Å². The lowest BCUT2D eigenvalue weighted by Crippen LogP contribution is -2.27. The van der Waals surface area contributed by atoms with E-state index in [9.17, 15) is 13.2 Å². The number of amides is 1. The standard InChI is InChI=1S/C18H19BrN2O3S/c1-11-8-15(19)9-12(2)17(11)20-18(22)14-4-5-16-13(10-14)6-7-21(16)25(3,23)24/h4-5,8-10H,6-7H2,1-3H3,(H,20,22). The van der Waals surface area contributed by atoms with Gasteiger partial charge in [0.25, 0.3) is 5.91 Å². The average Bonchev–Trinajstić information content (AvgIpc) is 2.93. The van der Waals surface area contributed by atoms with Gasteiger partial charge < -0.3 is 5.32 Å². The first-order valence-corrected chi connectivity index (χ1v) is 10.5. The molecule has 1 amide bonds. The van der Waals surface area contributed by atoms with Crippen molar-refractivity contribution in [2.45, 2.75) is 20.3 Å². The molecular formula is C18H19BrN2O3S. The number of hydrogen-bond donors (Lipinski definition) is 1. The highest BCUT2D eigenvalue weighted by Crippen LogP contribution is 2.31. The largest absolute Gasteiger partial charge is 0.322 e. The number of aryl methyl sites for hydroxylation is 2. The maximum absolute atomic E-state index is 12.6. The van der Waals surface area contributed by atoms with E-state index in [-0.39, 0.29) is 5.91 Å². The van der Waals surface area contributed by atoms with E-state index < -0.39 is 10.0 Å². The summed E-state index contributed by atoms with van der Waals surface area (Å²) >= 11 is 3.45. The highest BCUT2D eigenvalue weighted by Gasteiger charge is 2.26. The SMILES string of the molecule is Cc1cc(Br)cc(C)c1NC(=O)c1ccc2c(c1)CCN2S(C)(=O)=O. The maximum Gasteiger partial charge on any atom is 0.255 e. The third-order valence-corrected chi connectivity index (χ3v) is 5.97. The van der Waals surface area contributed by atoms with Crippen molar-refractivity contribution in [3.63, 3.8) is 0 Å². The van der Waals surface area contributed by atoms with Gasteiger partial charge in [0.2, 0.25) is 10.0 Å². The number of rotatable bonds is 3. The smallest absolute Gasteiger partial charge is 0.255 e. The molecule has 5 nitrogen and oxygen atoms in total. The number of carbonyl (C=O) groups is 1. The van der Waals surface area contributed by atoms with Gasteiger partial charge in [-0.2, -0.15) is 0 Å². The van der Waals surface area contributed by atoms with Gasteiger partial charge in [-0.05, 0) is 67.3 Å². The molecule has 0 radical (unpaired) electrons. The Morgan fingerprint density at radius 1 is 1.16 bits per heavy atom. The van der Waals surface area contributed by atoms with Gasteiger partial charge >= 0.3 is 0 Å². The molecule has 3 rings (SSSR count). The Hall–Kier alpha value is -1.86. The Bertz CT molecular complexity index is 947. The van der Waals surface area contributed by atoms with Gasteiger partial charge in [0.15, 0.2) is 0 Å². The number of hydrogen-bond acceptors (Lipinski definition) is 3. The lowest BCUT2D eigenvalue weighted by Gasteiger charge is -2.17. The van der Waals surface area contributed by atoms with Crippen molar-refractivity contribution in [2.24, 2.45) is 0 Å². The summed E-state index contributed by atoms with van der Waals surface area (Å²) in [7, 11) is -3.28. The molecule has 2 aromatic carbocycles. The molecule has 0 aliphatic carbocycles.